The molecule has 0 saturated carbocycles. The zero-order valence-electron chi connectivity index (χ0n) is 9.45. The summed E-state index contributed by atoms with van der Waals surface area (Å²) in [6.07, 6.45) is 0. The number of nitriles is 3. The highest BCUT2D eigenvalue weighted by Gasteiger charge is 2.57. The molecule has 2 atom stereocenters. The van der Waals surface area contributed by atoms with Gasteiger partial charge in [0.1, 0.15) is 5.92 Å². The lowest BCUT2D eigenvalue weighted by atomic mass is 9.71. The highest BCUT2D eigenvalue weighted by Crippen LogP contribution is 2.50. The van der Waals surface area contributed by atoms with Gasteiger partial charge in [0.05, 0.1) is 29.2 Å². The van der Waals surface area contributed by atoms with Crippen LogP contribution in [0.15, 0.2) is 17.5 Å². The van der Waals surface area contributed by atoms with Gasteiger partial charge >= 0.3 is 0 Å². The van der Waals surface area contributed by atoms with Crippen LogP contribution in [-0.4, -0.2) is 10.2 Å². The second-order valence-corrected chi connectivity index (χ2v) is 5.88. The monoisotopic (exact) mass is 286 g/mol. The van der Waals surface area contributed by atoms with E-state index in [9.17, 15) is 20.6 Å². The Labute approximate surface area is 117 Å². The molecule has 7 heteroatoms. The number of nitrogens with zero attached hydrogens (tertiary/aromatic N) is 3. The summed E-state index contributed by atoms with van der Waals surface area (Å²) in [6.45, 7) is 0. The van der Waals surface area contributed by atoms with E-state index in [0.717, 1.165) is 0 Å². The number of rotatable bonds is 1. The van der Waals surface area contributed by atoms with Crippen LogP contribution in [0.2, 0.25) is 0 Å². The van der Waals surface area contributed by atoms with E-state index in [0.29, 0.717) is 16.6 Å². The summed E-state index contributed by atoms with van der Waals surface area (Å²) in [5.41, 5.74) is -1.90. The van der Waals surface area contributed by atoms with Crippen LogP contribution < -0.4 is 0 Å². The Balaban J connectivity index is 2.68. The quantitative estimate of drug-likeness (QED) is 0.850. The first kappa shape index (κ1) is 13.3. The SMILES string of the molecule is N#C[C@@H]1C(=N)SC(=O)C(C#N)(C#N)[C@H]1c1cccs1. The number of thioether (sulfide) groups is 1. The zero-order chi connectivity index (χ0) is 14.0. The van der Waals surface area contributed by atoms with Crippen molar-refractivity contribution in [2.75, 3.05) is 0 Å². The first-order chi connectivity index (χ1) is 9.10. The minimum atomic E-state index is -1.90. The summed E-state index contributed by atoms with van der Waals surface area (Å²) in [5, 5.41) is 36.5. The van der Waals surface area contributed by atoms with Gasteiger partial charge in [0.15, 0.2) is 0 Å². The second kappa shape index (κ2) is 4.85. The highest BCUT2D eigenvalue weighted by atomic mass is 32.2. The maximum absolute atomic E-state index is 12.0. The molecule has 1 saturated heterocycles. The highest BCUT2D eigenvalue weighted by molar-refractivity contribution is 8.26. The smallest absolute Gasteiger partial charge is 0.230 e. The Bertz CT molecular complexity index is 645. The molecular weight excluding hydrogens is 280 g/mol. The van der Waals surface area contributed by atoms with Gasteiger partial charge in [-0.2, -0.15) is 15.8 Å². The fourth-order valence-corrected chi connectivity index (χ4v) is 3.83. The van der Waals surface area contributed by atoms with Crippen molar-refractivity contribution >= 4 is 33.3 Å². The van der Waals surface area contributed by atoms with Crippen molar-refractivity contribution in [3.63, 3.8) is 0 Å². The number of nitrogens with one attached hydrogen (secondary N) is 1. The summed E-state index contributed by atoms with van der Waals surface area (Å²) < 4.78 is 0. The molecule has 1 N–H and O–H groups in total. The van der Waals surface area contributed by atoms with Crippen molar-refractivity contribution < 1.29 is 4.79 Å². The van der Waals surface area contributed by atoms with E-state index in [1.54, 1.807) is 29.7 Å². The van der Waals surface area contributed by atoms with E-state index in [-0.39, 0.29) is 5.04 Å². The van der Waals surface area contributed by atoms with Crippen LogP contribution >= 0.6 is 23.1 Å². The standard InChI is InChI=1S/C12H6N4OS2/c13-4-7-9(8-2-1-3-18-8)12(5-14,6-15)11(17)19-10(7)16/h1-3,7,9,16H/t7-,9+/m0/s1. The van der Waals surface area contributed by atoms with Crippen LogP contribution in [0.4, 0.5) is 0 Å². The Morgan fingerprint density at radius 3 is 2.47 bits per heavy atom. The maximum atomic E-state index is 12.0. The molecule has 2 heterocycles. The molecule has 92 valence electrons. The minimum absolute atomic E-state index is 0.105. The molecule has 1 aliphatic heterocycles. The average Bonchev–Trinajstić information content (AvgIpc) is 2.92. The van der Waals surface area contributed by atoms with Crippen LogP contribution in [0.1, 0.15) is 10.8 Å². The first-order valence-electron chi connectivity index (χ1n) is 5.17. The van der Waals surface area contributed by atoms with E-state index in [4.69, 9.17) is 5.41 Å². The van der Waals surface area contributed by atoms with Crippen LogP contribution in [-0.2, 0) is 4.79 Å². The van der Waals surface area contributed by atoms with Gasteiger partial charge in [-0.05, 0) is 23.2 Å². The molecule has 2 rings (SSSR count). The number of carbonyl (C=O) groups is 1. The summed E-state index contributed by atoms with van der Waals surface area (Å²) >= 11 is 1.79. The number of hydrogen-bond acceptors (Lipinski definition) is 7. The molecule has 19 heavy (non-hydrogen) atoms. The molecule has 0 radical (unpaired) electrons. The Kier molecular flexibility index (Phi) is 3.40. The molecule has 1 aromatic heterocycles. The van der Waals surface area contributed by atoms with Gasteiger partial charge in [-0.15, -0.1) is 11.3 Å². The van der Waals surface area contributed by atoms with Gasteiger partial charge in [-0.1, -0.05) is 6.07 Å². The van der Waals surface area contributed by atoms with Gasteiger partial charge in [0.2, 0.25) is 10.5 Å². The van der Waals surface area contributed by atoms with Gasteiger partial charge in [-0.25, -0.2) is 0 Å². The van der Waals surface area contributed by atoms with E-state index < -0.39 is 22.4 Å². The molecule has 0 amide bonds. The summed E-state index contributed by atoms with van der Waals surface area (Å²) in [6, 6.07) is 8.88. The Hall–Kier alpha value is -2.14. The second-order valence-electron chi connectivity index (χ2n) is 3.89. The number of thiophene rings is 1. The van der Waals surface area contributed by atoms with Gasteiger partial charge in [0, 0.05) is 4.88 Å². The molecule has 0 spiro atoms. The molecular formula is C12H6N4OS2. The van der Waals surface area contributed by atoms with Crippen molar-refractivity contribution in [2.24, 2.45) is 11.3 Å². The molecule has 5 nitrogen and oxygen atoms in total. The predicted octanol–water partition coefficient (Wildman–Crippen LogP) is 2.26. The zero-order valence-corrected chi connectivity index (χ0v) is 11.1. The van der Waals surface area contributed by atoms with Gasteiger partial charge < -0.3 is 0 Å². The fraction of sp³-hybridized carbons (Fsp3) is 0.250. The first-order valence-corrected chi connectivity index (χ1v) is 6.86. The predicted molar refractivity (Wildman–Crippen MR) is 70.1 cm³/mol. The lowest BCUT2D eigenvalue weighted by Gasteiger charge is -2.34. The van der Waals surface area contributed by atoms with Crippen molar-refractivity contribution in [3.8, 4) is 18.2 Å². The molecule has 1 aliphatic rings. The maximum Gasteiger partial charge on any atom is 0.230 e. The summed E-state index contributed by atoms with van der Waals surface area (Å²) in [5.74, 6) is -1.84. The van der Waals surface area contributed by atoms with Crippen LogP contribution in [0, 0.1) is 50.7 Å². The number of carbonyl (C=O) groups excluding carboxylic acids is 1. The van der Waals surface area contributed by atoms with Crippen LogP contribution in [0.5, 0.6) is 0 Å². The number of hydrogen-bond donors (Lipinski definition) is 1. The third kappa shape index (κ3) is 1.82. The molecule has 0 aromatic carbocycles. The van der Waals surface area contributed by atoms with Crippen molar-refractivity contribution in [1.29, 1.82) is 21.2 Å². The van der Waals surface area contributed by atoms with Crippen molar-refractivity contribution in [3.05, 3.63) is 22.4 Å². The third-order valence-electron chi connectivity index (χ3n) is 2.95. The topological polar surface area (TPSA) is 112 Å². The van der Waals surface area contributed by atoms with Crippen LogP contribution in [0.3, 0.4) is 0 Å². The minimum Gasteiger partial charge on any atom is -0.297 e. The average molecular weight is 286 g/mol. The molecule has 1 aromatic rings. The molecule has 0 aliphatic carbocycles. The molecule has 1 fully saturated rings. The lowest BCUT2D eigenvalue weighted by molar-refractivity contribution is -0.116. The summed E-state index contributed by atoms with van der Waals surface area (Å²) in [7, 11) is 0. The fourth-order valence-electron chi connectivity index (χ4n) is 2.01. The van der Waals surface area contributed by atoms with Gasteiger partial charge in [0.25, 0.3) is 0 Å². The van der Waals surface area contributed by atoms with Gasteiger partial charge in [-0.3, -0.25) is 10.2 Å². The largest absolute Gasteiger partial charge is 0.297 e. The van der Waals surface area contributed by atoms with E-state index in [1.807, 2.05) is 6.07 Å². The van der Waals surface area contributed by atoms with E-state index in [1.165, 1.54) is 11.3 Å². The van der Waals surface area contributed by atoms with Crippen molar-refractivity contribution in [2.45, 2.75) is 5.92 Å². The normalized spacial score (nSPS) is 25.1. The molecule has 0 unspecified atom stereocenters. The third-order valence-corrected chi connectivity index (χ3v) is 4.89. The Morgan fingerprint density at radius 1 is 1.32 bits per heavy atom. The van der Waals surface area contributed by atoms with E-state index >= 15 is 0 Å². The van der Waals surface area contributed by atoms with Crippen LogP contribution in [0.25, 0.3) is 0 Å². The van der Waals surface area contributed by atoms with E-state index in [2.05, 4.69) is 0 Å². The lowest BCUT2D eigenvalue weighted by Crippen LogP contribution is -2.43. The van der Waals surface area contributed by atoms with Crippen molar-refractivity contribution in [1.82, 2.24) is 0 Å². The summed E-state index contributed by atoms with van der Waals surface area (Å²) in [4.78, 5) is 12.6. The Morgan fingerprint density at radius 2 is 2.00 bits per heavy atom. The molecule has 0 bridgehead atoms.